The third-order valence-electron chi connectivity index (χ3n) is 4.10. The third-order valence-corrected chi connectivity index (χ3v) is 5.98. The van der Waals surface area contributed by atoms with Crippen molar-refractivity contribution in [1.82, 2.24) is 4.31 Å². The third kappa shape index (κ3) is 3.40. The summed E-state index contributed by atoms with van der Waals surface area (Å²) in [5.74, 6) is 0.884. The van der Waals surface area contributed by atoms with Crippen LogP contribution in [0.15, 0.2) is 17.0 Å². The fraction of sp³-hybridized carbons (Fsp3) is 0.625. The lowest BCUT2D eigenvalue weighted by Gasteiger charge is -2.30. The minimum Gasteiger partial charge on any atom is -0.492 e. The molecule has 1 aromatic carbocycles. The van der Waals surface area contributed by atoms with Crippen LogP contribution in [-0.2, 0) is 10.0 Å². The standard InChI is InChI=1S/C16H25NO3S/c1-5-20-15-9-13(3)14(4)10-16(15)21(18,19)17-8-6-7-12(2)11-17/h9-10,12H,5-8,11H2,1-4H3/t12-/m1/s1. The molecule has 1 aliphatic heterocycles. The molecule has 1 heterocycles. The summed E-state index contributed by atoms with van der Waals surface area (Å²) in [6, 6.07) is 3.58. The molecule has 1 atom stereocenters. The van der Waals surface area contributed by atoms with Crippen molar-refractivity contribution in [2.75, 3.05) is 19.7 Å². The maximum absolute atomic E-state index is 12.9. The number of rotatable bonds is 4. The maximum Gasteiger partial charge on any atom is 0.246 e. The Labute approximate surface area is 128 Å². The van der Waals surface area contributed by atoms with Gasteiger partial charge in [-0.1, -0.05) is 6.92 Å². The highest BCUT2D eigenvalue weighted by molar-refractivity contribution is 7.89. The van der Waals surface area contributed by atoms with Crippen LogP contribution in [0.4, 0.5) is 0 Å². The first-order valence-electron chi connectivity index (χ1n) is 7.60. The number of sulfonamides is 1. The van der Waals surface area contributed by atoms with Gasteiger partial charge in [-0.15, -0.1) is 0 Å². The molecule has 1 fully saturated rings. The van der Waals surface area contributed by atoms with E-state index in [2.05, 4.69) is 6.92 Å². The summed E-state index contributed by atoms with van der Waals surface area (Å²) in [5, 5.41) is 0. The van der Waals surface area contributed by atoms with Gasteiger partial charge in [-0.25, -0.2) is 8.42 Å². The van der Waals surface area contributed by atoms with Crippen LogP contribution < -0.4 is 4.74 Å². The van der Waals surface area contributed by atoms with Gasteiger partial charge in [0.2, 0.25) is 10.0 Å². The molecular weight excluding hydrogens is 286 g/mol. The van der Waals surface area contributed by atoms with E-state index in [0.29, 0.717) is 36.3 Å². The average molecular weight is 311 g/mol. The van der Waals surface area contributed by atoms with Crippen LogP contribution >= 0.6 is 0 Å². The minimum atomic E-state index is -3.48. The predicted octanol–water partition coefficient (Wildman–Crippen LogP) is 3.12. The zero-order valence-electron chi connectivity index (χ0n) is 13.3. The molecule has 0 aromatic heterocycles. The van der Waals surface area contributed by atoms with Crippen LogP contribution in [0.2, 0.25) is 0 Å². The molecule has 0 bridgehead atoms. The van der Waals surface area contributed by atoms with Crippen LogP contribution in [0.5, 0.6) is 5.75 Å². The molecule has 0 aliphatic carbocycles. The lowest BCUT2D eigenvalue weighted by molar-refractivity contribution is 0.278. The van der Waals surface area contributed by atoms with Gasteiger partial charge in [0.25, 0.3) is 0 Å². The topological polar surface area (TPSA) is 46.6 Å². The van der Waals surface area contributed by atoms with Crippen LogP contribution in [0, 0.1) is 19.8 Å². The number of nitrogens with zero attached hydrogens (tertiary/aromatic N) is 1. The Morgan fingerprint density at radius 2 is 1.95 bits per heavy atom. The van der Waals surface area contributed by atoms with Crippen molar-refractivity contribution < 1.29 is 13.2 Å². The number of aryl methyl sites for hydroxylation is 2. The van der Waals surface area contributed by atoms with Gasteiger partial charge in [-0.3, -0.25) is 0 Å². The van der Waals surface area contributed by atoms with Gasteiger partial charge in [0.05, 0.1) is 6.61 Å². The van der Waals surface area contributed by atoms with Crippen LogP contribution in [0.3, 0.4) is 0 Å². The molecule has 118 valence electrons. The summed E-state index contributed by atoms with van der Waals surface area (Å²) in [6.07, 6.45) is 2.02. The highest BCUT2D eigenvalue weighted by atomic mass is 32.2. The number of benzene rings is 1. The van der Waals surface area contributed by atoms with E-state index in [0.717, 1.165) is 24.0 Å². The Hall–Kier alpha value is -1.07. The predicted molar refractivity (Wildman–Crippen MR) is 84.2 cm³/mol. The second-order valence-corrected chi connectivity index (χ2v) is 7.83. The fourth-order valence-corrected chi connectivity index (χ4v) is 4.53. The van der Waals surface area contributed by atoms with Crippen molar-refractivity contribution in [3.63, 3.8) is 0 Å². The number of piperidine rings is 1. The number of hydrogen-bond donors (Lipinski definition) is 0. The van der Waals surface area contributed by atoms with Gasteiger partial charge in [0.1, 0.15) is 10.6 Å². The Morgan fingerprint density at radius 1 is 1.29 bits per heavy atom. The van der Waals surface area contributed by atoms with E-state index in [-0.39, 0.29) is 0 Å². The monoisotopic (exact) mass is 311 g/mol. The maximum atomic E-state index is 12.9. The lowest BCUT2D eigenvalue weighted by atomic mass is 10.0. The largest absolute Gasteiger partial charge is 0.492 e. The first kappa shape index (κ1) is 16.3. The molecule has 2 rings (SSSR count). The molecule has 0 spiro atoms. The second kappa shape index (κ2) is 6.36. The van der Waals surface area contributed by atoms with E-state index >= 15 is 0 Å². The molecule has 1 aliphatic rings. The van der Waals surface area contributed by atoms with Gasteiger partial charge < -0.3 is 4.74 Å². The number of hydrogen-bond acceptors (Lipinski definition) is 3. The molecule has 0 radical (unpaired) electrons. The Balaban J connectivity index is 2.45. The van der Waals surface area contributed by atoms with Crippen molar-refractivity contribution in [2.45, 2.75) is 45.4 Å². The van der Waals surface area contributed by atoms with Crippen LogP contribution in [0.25, 0.3) is 0 Å². The normalized spacial score (nSPS) is 20.5. The summed E-state index contributed by atoms with van der Waals surface area (Å²) in [5.41, 5.74) is 2.02. The number of ether oxygens (including phenoxy) is 1. The Bertz CT molecular complexity index is 610. The van der Waals surface area contributed by atoms with E-state index in [1.165, 1.54) is 0 Å². The molecule has 0 amide bonds. The van der Waals surface area contributed by atoms with E-state index in [1.54, 1.807) is 10.4 Å². The quantitative estimate of drug-likeness (QED) is 0.858. The first-order valence-corrected chi connectivity index (χ1v) is 9.04. The zero-order valence-corrected chi connectivity index (χ0v) is 14.2. The van der Waals surface area contributed by atoms with Gasteiger partial charge in [0.15, 0.2) is 0 Å². The Morgan fingerprint density at radius 3 is 2.57 bits per heavy atom. The van der Waals surface area contributed by atoms with Crippen molar-refractivity contribution in [3.05, 3.63) is 23.3 Å². The average Bonchev–Trinajstić information content (AvgIpc) is 2.42. The van der Waals surface area contributed by atoms with Crippen LogP contribution in [-0.4, -0.2) is 32.4 Å². The SMILES string of the molecule is CCOc1cc(C)c(C)cc1S(=O)(=O)N1CCC[C@@H](C)C1. The lowest BCUT2D eigenvalue weighted by Crippen LogP contribution is -2.39. The molecule has 0 saturated carbocycles. The molecule has 1 saturated heterocycles. The molecular formula is C16H25NO3S. The highest BCUT2D eigenvalue weighted by Crippen LogP contribution is 2.32. The van der Waals surface area contributed by atoms with Gasteiger partial charge in [-0.2, -0.15) is 4.31 Å². The van der Waals surface area contributed by atoms with Crippen molar-refractivity contribution >= 4 is 10.0 Å². The second-order valence-electron chi connectivity index (χ2n) is 5.93. The fourth-order valence-electron chi connectivity index (χ4n) is 2.74. The summed E-state index contributed by atoms with van der Waals surface area (Å²) in [6.45, 7) is 9.54. The molecule has 0 N–H and O–H groups in total. The minimum absolute atomic E-state index is 0.307. The summed E-state index contributed by atoms with van der Waals surface area (Å²) >= 11 is 0. The van der Waals surface area contributed by atoms with E-state index in [9.17, 15) is 8.42 Å². The zero-order chi connectivity index (χ0) is 15.6. The van der Waals surface area contributed by atoms with Crippen molar-refractivity contribution in [2.24, 2.45) is 5.92 Å². The first-order chi connectivity index (χ1) is 9.86. The summed E-state index contributed by atoms with van der Waals surface area (Å²) in [7, 11) is -3.48. The van der Waals surface area contributed by atoms with Gasteiger partial charge >= 0.3 is 0 Å². The van der Waals surface area contributed by atoms with Crippen molar-refractivity contribution in [3.8, 4) is 5.75 Å². The summed E-state index contributed by atoms with van der Waals surface area (Å²) < 4.78 is 33.1. The highest BCUT2D eigenvalue weighted by Gasteiger charge is 2.31. The van der Waals surface area contributed by atoms with E-state index < -0.39 is 10.0 Å². The summed E-state index contributed by atoms with van der Waals surface area (Å²) in [4.78, 5) is 0.307. The molecule has 1 aromatic rings. The van der Waals surface area contributed by atoms with Gasteiger partial charge in [-0.05, 0) is 62.8 Å². The van der Waals surface area contributed by atoms with Crippen molar-refractivity contribution in [1.29, 1.82) is 0 Å². The van der Waals surface area contributed by atoms with E-state index in [1.807, 2.05) is 26.8 Å². The molecule has 21 heavy (non-hydrogen) atoms. The van der Waals surface area contributed by atoms with Crippen LogP contribution in [0.1, 0.15) is 37.8 Å². The molecule has 5 heteroatoms. The van der Waals surface area contributed by atoms with E-state index in [4.69, 9.17) is 4.74 Å². The molecule has 4 nitrogen and oxygen atoms in total. The smallest absolute Gasteiger partial charge is 0.246 e. The van der Waals surface area contributed by atoms with Gasteiger partial charge in [0, 0.05) is 13.1 Å². The molecule has 0 unspecified atom stereocenters. The Kier molecular flexibility index (Phi) is 4.94.